The monoisotopic (exact) mass is 235 g/mol. The van der Waals surface area contributed by atoms with Crippen LogP contribution in [0.1, 0.15) is 11.6 Å². The fraction of sp³-hybridized carbons (Fsp3) is 0.300. The first-order valence-electron chi connectivity index (χ1n) is 4.81. The van der Waals surface area contributed by atoms with E-state index >= 15 is 0 Å². The second-order valence-corrected chi connectivity index (χ2v) is 3.18. The highest BCUT2D eigenvalue weighted by Gasteiger charge is 2.11. The molecule has 1 rings (SSSR count). The lowest BCUT2D eigenvalue weighted by atomic mass is 10.1. The van der Waals surface area contributed by atoms with Gasteiger partial charge in [0.15, 0.2) is 11.6 Å². The average Bonchev–Trinajstić information content (AvgIpc) is 2.33. The maximum Gasteiger partial charge on any atom is 0.165 e. The quantitative estimate of drug-likeness (QED) is 0.353. The number of benzene rings is 1. The second-order valence-electron chi connectivity index (χ2n) is 3.18. The van der Waals surface area contributed by atoms with Crippen LogP contribution in [-0.2, 0) is 0 Å². The Morgan fingerprint density at radius 1 is 1.65 bits per heavy atom. The highest BCUT2D eigenvalue weighted by molar-refractivity contribution is 5.32. The van der Waals surface area contributed by atoms with Crippen LogP contribution in [0.3, 0.4) is 0 Å². The van der Waals surface area contributed by atoms with Crippen molar-refractivity contribution >= 4 is 0 Å². The van der Waals surface area contributed by atoms with Gasteiger partial charge in [-0.15, -0.1) is 0 Å². The molecule has 0 aromatic heterocycles. The van der Waals surface area contributed by atoms with E-state index in [0.29, 0.717) is 12.1 Å². The summed E-state index contributed by atoms with van der Waals surface area (Å²) in [5.74, 6) is -1.24. The van der Waals surface area contributed by atoms with E-state index < -0.39 is 17.6 Å². The van der Waals surface area contributed by atoms with Gasteiger partial charge in [-0.2, -0.15) is 5.26 Å². The van der Waals surface area contributed by atoms with Gasteiger partial charge in [0.05, 0.1) is 6.07 Å². The number of hydrogen-bond acceptors (Lipinski definition) is 4. The van der Waals surface area contributed by atoms with Crippen molar-refractivity contribution in [1.82, 2.24) is 5.32 Å². The van der Waals surface area contributed by atoms with Gasteiger partial charge in [-0.25, -0.2) is 4.39 Å². The van der Waals surface area contributed by atoms with E-state index in [-0.39, 0.29) is 6.54 Å². The molecule has 0 aliphatic rings. The number of aromatic hydroxyl groups is 1. The van der Waals surface area contributed by atoms with Crippen molar-refractivity contribution in [2.45, 2.75) is 6.04 Å². The van der Waals surface area contributed by atoms with Gasteiger partial charge in [0, 0.05) is 18.0 Å². The van der Waals surface area contributed by atoms with E-state index in [1.165, 1.54) is 12.1 Å². The molecule has 0 aliphatic carbocycles. The average molecular weight is 235 g/mol. The zero-order chi connectivity index (χ0) is 12.7. The summed E-state index contributed by atoms with van der Waals surface area (Å²) in [7, 11) is 0. The van der Waals surface area contributed by atoms with E-state index in [1.54, 1.807) is 0 Å². The van der Waals surface area contributed by atoms with Crippen LogP contribution in [0, 0.1) is 17.1 Å². The molecule has 0 aliphatic heterocycles. The lowest BCUT2D eigenvalue weighted by molar-refractivity contribution is 0.431. The van der Waals surface area contributed by atoms with Crippen LogP contribution in [0.4, 0.5) is 4.39 Å². The highest BCUT2D eigenvalue weighted by atomic mass is 19.1. The Hall–Kier alpha value is -2.29. The summed E-state index contributed by atoms with van der Waals surface area (Å²) >= 11 is 0. The van der Waals surface area contributed by atoms with Crippen LogP contribution in [0.25, 0.3) is 10.4 Å². The van der Waals surface area contributed by atoms with Gasteiger partial charge in [-0.3, -0.25) is 5.32 Å². The zero-order valence-electron chi connectivity index (χ0n) is 8.84. The molecule has 88 valence electrons. The predicted molar refractivity (Wildman–Crippen MR) is 58.4 cm³/mol. The standard InChI is InChI=1S/C10H10FN5O/c11-8-5-7(1-2-10(8)17)9(6-12)14-3-4-15-16-13/h1-2,5,9,14,17H,3-4H2. The van der Waals surface area contributed by atoms with Crippen LogP contribution in [-0.4, -0.2) is 18.2 Å². The topological polar surface area (TPSA) is 105 Å². The molecule has 0 saturated carbocycles. The number of rotatable bonds is 5. The molecule has 1 aromatic carbocycles. The Bertz CT molecular complexity index is 478. The van der Waals surface area contributed by atoms with Crippen molar-refractivity contribution in [2.75, 3.05) is 13.1 Å². The molecular weight excluding hydrogens is 225 g/mol. The van der Waals surface area contributed by atoms with Crippen LogP contribution in [0.15, 0.2) is 23.3 Å². The number of halogens is 1. The van der Waals surface area contributed by atoms with Crippen molar-refractivity contribution in [2.24, 2.45) is 5.11 Å². The summed E-state index contributed by atoms with van der Waals surface area (Å²) in [6.45, 7) is 0.514. The molecule has 0 spiro atoms. The van der Waals surface area contributed by atoms with E-state index in [2.05, 4.69) is 15.3 Å². The number of phenolic OH excluding ortho intramolecular Hbond substituents is 1. The number of azide groups is 1. The number of nitriles is 1. The van der Waals surface area contributed by atoms with Crippen LogP contribution >= 0.6 is 0 Å². The highest BCUT2D eigenvalue weighted by Crippen LogP contribution is 2.20. The van der Waals surface area contributed by atoms with Crippen molar-refractivity contribution < 1.29 is 9.50 Å². The summed E-state index contributed by atoms with van der Waals surface area (Å²) in [5, 5.41) is 24.0. The van der Waals surface area contributed by atoms with E-state index in [4.69, 9.17) is 15.9 Å². The Morgan fingerprint density at radius 2 is 2.41 bits per heavy atom. The lowest BCUT2D eigenvalue weighted by Gasteiger charge is -2.11. The summed E-state index contributed by atoms with van der Waals surface area (Å²) < 4.78 is 13.1. The minimum Gasteiger partial charge on any atom is -0.505 e. The first-order valence-corrected chi connectivity index (χ1v) is 4.81. The molecule has 1 atom stereocenters. The zero-order valence-corrected chi connectivity index (χ0v) is 8.84. The number of hydrogen-bond donors (Lipinski definition) is 2. The van der Waals surface area contributed by atoms with Gasteiger partial charge in [-0.05, 0) is 23.2 Å². The van der Waals surface area contributed by atoms with E-state index in [9.17, 15) is 4.39 Å². The third kappa shape index (κ3) is 3.65. The fourth-order valence-corrected chi connectivity index (χ4v) is 1.24. The first kappa shape index (κ1) is 12.8. The second kappa shape index (κ2) is 6.33. The number of nitrogens with one attached hydrogen (secondary N) is 1. The van der Waals surface area contributed by atoms with Gasteiger partial charge in [0.25, 0.3) is 0 Å². The van der Waals surface area contributed by atoms with E-state index in [1.807, 2.05) is 6.07 Å². The predicted octanol–water partition coefficient (Wildman–Crippen LogP) is 2.00. The molecule has 0 fully saturated rings. The summed E-state index contributed by atoms with van der Waals surface area (Å²) in [5.41, 5.74) is 8.47. The first-order chi connectivity index (χ1) is 8.19. The van der Waals surface area contributed by atoms with Gasteiger partial charge in [0.2, 0.25) is 0 Å². The summed E-state index contributed by atoms with van der Waals surface area (Å²) in [6, 6.07) is 4.96. The third-order valence-electron chi connectivity index (χ3n) is 2.06. The lowest BCUT2D eigenvalue weighted by Crippen LogP contribution is -2.22. The molecule has 0 amide bonds. The molecule has 2 N–H and O–H groups in total. The molecule has 0 heterocycles. The maximum absolute atomic E-state index is 13.1. The maximum atomic E-state index is 13.1. The number of phenols is 1. The molecule has 7 heteroatoms. The SMILES string of the molecule is N#CC(NCCN=[N+]=[N-])c1ccc(O)c(F)c1. The van der Waals surface area contributed by atoms with Crippen LogP contribution in [0.5, 0.6) is 5.75 Å². The van der Waals surface area contributed by atoms with Crippen LogP contribution < -0.4 is 5.32 Å². The Labute approximate surface area is 96.9 Å². The molecule has 17 heavy (non-hydrogen) atoms. The van der Waals surface area contributed by atoms with Crippen LogP contribution in [0.2, 0.25) is 0 Å². The van der Waals surface area contributed by atoms with Gasteiger partial charge in [0.1, 0.15) is 6.04 Å². The molecule has 0 saturated heterocycles. The summed E-state index contributed by atoms with van der Waals surface area (Å²) in [6.07, 6.45) is 0. The van der Waals surface area contributed by atoms with Crippen molar-refractivity contribution in [3.05, 3.63) is 40.0 Å². The van der Waals surface area contributed by atoms with Crippen molar-refractivity contribution in [1.29, 1.82) is 5.26 Å². The number of nitrogens with zero attached hydrogens (tertiary/aromatic N) is 4. The molecule has 0 bridgehead atoms. The van der Waals surface area contributed by atoms with E-state index in [0.717, 1.165) is 6.07 Å². The van der Waals surface area contributed by atoms with Gasteiger partial charge >= 0.3 is 0 Å². The molecule has 1 unspecified atom stereocenters. The molecule has 6 nitrogen and oxygen atoms in total. The Balaban J connectivity index is 2.70. The normalized spacial score (nSPS) is 11.3. The smallest absolute Gasteiger partial charge is 0.165 e. The third-order valence-corrected chi connectivity index (χ3v) is 2.06. The summed E-state index contributed by atoms with van der Waals surface area (Å²) in [4.78, 5) is 2.57. The van der Waals surface area contributed by atoms with Crippen molar-refractivity contribution in [3.63, 3.8) is 0 Å². The van der Waals surface area contributed by atoms with Gasteiger partial charge in [-0.1, -0.05) is 11.2 Å². The largest absolute Gasteiger partial charge is 0.505 e. The van der Waals surface area contributed by atoms with Gasteiger partial charge < -0.3 is 5.11 Å². The molecular formula is C10H10FN5O. The fourth-order valence-electron chi connectivity index (χ4n) is 1.24. The Kier molecular flexibility index (Phi) is 4.76. The minimum atomic E-state index is -0.778. The molecule has 1 aromatic rings. The molecule has 0 radical (unpaired) electrons. The minimum absolute atomic E-state index is 0.204. The van der Waals surface area contributed by atoms with Crippen molar-refractivity contribution in [3.8, 4) is 11.8 Å². The Morgan fingerprint density at radius 3 is 3.00 bits per heavy atom.